The maximum absolute atomic E-state index is 12.0. The zero-order chi connectivity index (χ0) is 16.1. The van der Waals surface area contributed by atoms with Crippen LogP contribution in [0.15, 0.2) is 46.9 Å². The maximum Gasteiger partial charge on any atom is 0.335 e. The van der Waals surface area contributed by atoms with Gasteiger partial charge in [-0.1, -0.05) is 35.0 Å². The summed E-state index contributed by atoms with van der Waals surface area (Å²) in [6.07, 6.45) is 0.403. The molecule has 0 radical (unpaired) electrons. The highest BCUT2D eigenvalue weighted by molar-refractivity contribution is 9.10. The van der Waals surface area contributed by atoms with Crippen molar-refractivity contribution in [2.75, 3.05) is 0 Å². The Morgan fingerprint density at radius 2 is 1.82 bits per heavy atom. The second-order valence-electron chi connectivity index (χ2n) is 4.71. The third kappa shape index (κ3) is 3.95. The van der Waals surface area contributed by atoms with Crippen LogP contribution in [0.5, 0.6) is 5.75 Å². The van der Waals surface area contributed by atoms with E-state index in [1.165, 1.54) is 12.1 Å². The van der Waals surface area contributed by atoms with Gasteiger partial charge >= 0.3 is 5.97 Å². The summed E-state index contributed by atoms with van der Waals surface area (Å²) in [4.78, 5) is 22.8. The lowest BCUT2D eigenvalue weighted by atomic mass is 10.1. The molecule has 0 amide bonds. The Labute approximate surface area is 136 Å². The van der Waals surface area contributed by atoms with Gasteiger partial charge in [0, 0.05) is 10.9 Å². The topological polar surface area (TPSA) is 63.6 Å². The molecule has 0 unspecified atom stereocenters. The number of benzene rings is 2. The summed E-state index contributed by atoms with van der Waals surface area (Å²) >= 11 is 3.35. The highest BCUT2D eigenvalue weighted by Crippen LogP contribution is 2.25. The zero-order valence-corrected chi connectivity index (χ0v) is 13.6. The number of carboxylic acids is 1. The van der Waals surface area contributed by atoms with Crippen molar-refractivity contribution in [3.63, 3.8) is 0 Å². The quantitative estimate of drug-likeness (QED) is 0.777. The van der Waals surface area contributed by atoms with Gasteiger partial charge in [-0.2, -0.15) is 0 Å². The predicted molar refractivity (Wildman–Crippen MR) is 86.5 cm³/mol. The van der Waals surface area contributed by atoms with E-state index in [0.29, 0.717) is 17.7 Å². The first-order valence-corrected chi connectivity index (χ1v) is 7.58. The minimum atomic E-state index is -0.962. The van der Waals surface area contributed by atoms with Crippen molar-refractivity contribution in [3.05, 3.63) is 63.6 Å². The molecule has 2 aromatic carbocycles. The molecule has 0 saturated carbocycles. The van der Waals surface area contributed by atoms with E-state index in [2.05, 4.69) is 15.9 Å². The molecule has 0 heterocycles. The lowest BCUT2D eigenvalue weighted by Crippen LogP contribution is -2.04. The summed E-state index contributed by atoms with van der Waals surface area (Å²) in [6, 6.07) is 11.8. The van der Waals surface area contributed by atoms with Crippen LogP contribution in [-0.4, -0.2) is 16.9 Å². The molecule has 0 spiro atoms. The smallest absolute Gasteiger partial charge is 0.335 e. The van der Waals surface area contributed by atoms with Crippen LogP contribution < -0.4 is 4.74 Å². The second kappa shape index (κ2) is 7.22. The van der Waals surface area contributed by atoms with E-state index in [4.69, 9.17) is 9.84 Å². The van der Waals surface area contributed by atoms with Gasteiger partial charge in [0.1, 0.15) is 12.4 Å². The van der Waals surface area contributed by atoms with Crippen LogP contribution in [0.3, 0.4) is 0 Å². The van der Waals surface area contributed by atoms with E-state index in [1.54, 1.807) is 31.2 Å². The molecule has 0 aliphatic carbocycles. The highest BCUT2D eigenvalue weighted by atomic mass is 79.9. The Morgan fingerprint density at radius 1 is 1.14 bits per heavy atom. The van der Waals surface area contributed by atoms with E-state index in [9.17, 15) is 9.59 Å². The summed E-state index contributed by atoms with van der Waals surface area (Å²) in [5.41, 5.74) is 1.61. The molecule has 0 aliphatic heterocycles. The van der Waals surface area contributed by atoms with E-state index in [0.717, 1.165) is 10.0 Å². The molecular weight excluding hydrogens is 348 g/mol. The number of hydrogen-bond donors (Lipinski definition) is 1. The first-order chi connectivity index (χ1) is 10.5. The van der Waals surface area contributed by atoms with Crippen LogP contribution >= 0.6 is 15.9 Å². The minimum Gasteiger partial charge on any atom is -0.488 e. The van der Waals surface area contributed by atoms with E-state index in [-0.39, 0.29) is 18.0 Å². The zero-order valence-electron chi connectivity index (χ0n) is 12.0. The standard InChI is InChI=1S/C17H15BrO4/c1-2-15(19)14-9-13(18)7-8-16(14)22-10-11-3-5-12(6-4-11)17(20)21/h3-9H,2,10H2,1H3,(H,20,21). The van der Waals surface area contributed by atoms with Crippen LogP contribution in [0.1, 0.15) is 39.6 Å². The third-order valence-corrected chi connectivity index (χ3v) is 3.65. The largest absolute Gasteiger partial charge is 0.488 e. The molecule has 0 fully saturated rings. The molecule has 0 aliphatic rings. The van der Waals surface area contributed by atoms with Crippen LogP contribution in [0, 0.1) is 0 Å². The number of carboxylic acid groups (broad SMARTS) is 1. The number of Topliss-reactive ketones (excluding diaryl/α,β-unsaturated/α-hetero) is 1. The SMILES string of the molecule is CCC(=O)c1cc(Br)ccc1OCc1ccc(C(=O)O)cc1. The molecule has 0 bridgehead atoms. The van der Waals surface area contributed by atoms with Gasteiger partial charge in [0.25, 0.3) is 0 Å². The Bertz CT molecular complexity index is 692. The van der Waals surface area contributed by atoms with Gasteiger partial charge in [0.2, 0.25) is 0 Å². The summed E-state index contributed by atoms with van der Waals surface area (Å²) in [5, 5.41) is 8.86. The van der Waals surface area contributed by atoms with Gasteiger partial charge in [-0.15, -0.1) is 0 Å². The molecule has 114 valence electrons. The van der Waals surface area contributed by atoms with Gasteiger partial charge in [0.05, 0.1) is 11.1 Å². The fourth-order valence-corrected chi connectivity index (χ4v) is 2.30. The maximum atomic E-state index is 12.0. The number of hydrogen-bond acceptors (Lipinski definition) is 3. The molecule has 4 nitrogen and oxygen atoms in total. The van der Waals surface area contributed by atoms with E-state index < -0.39 is 5.97 Å². The summed E-state index contributed by atoms with van der Waals surface area (Å²) in [6.45, 7) is 2.07. The molecule has 2 aromatic rings. The fourth-order valence-electron chi connectivity index (χ4n) is 1.94. The van der Waals surface area contributed by atoms with Crippen molar-refractivity contribution in [1.82, 2.24) is 0 Å². The van der Waals surface area contributed by atoms with Crippen molar-refractivity contribution in [3.8, 4) is 5.75 Å². The Kier molecular flexibility index (Phi) is 5.33. The number of aromatic carboxylic acids is 1. The first-order valence-electron chi connectivity index (χ1n) is 6.79. The Morgan fingerprint density at radius 3 is 2.41 bits per heavy atom. The van der Waals surface area contributed by atoms with E-state index in [1.807, 2.05) is 6.07 Å². The number of carbonyl (C=O) groups is 2. The number of carbonyl (C=O) groups excluding carboxylic acids is 1. The molecule has 2 rings (SSSR count). The number of ketones is 1. The highest BCUT2D eigenvalue weighted by Gasteiger charge is 2.12. The second-order valence-corrected chi connectivity index (χ2v) is 5.62. The van der Waals surface area contributed by atoms with Crippen LogP contribution in [0.25, 0.3) is 0 Å². The molecular formula is C17H15BrO4. The molecule has 0 atom stereocenters. The van der Waals surface area contributed by atoms with Crippen LogP contribution in [-0.2, 0) is 6.61 Å². The summed E-state index contributed by atoms with van der Waals surface area (Å²) < 4.78 is 6.53. The van der Waals surface area contributed by atoms with Gasteiger partial charge in [-0.25, -0.2) is 4.79 Å². The molecule has 1 N–H and O–H groups in total. The first kappa shape index (κ1) is 16.2. The third-order valence-electron chi connectivity index (χ3n) is 3.16. The number of halogens is 1. The molecule has 5 heteroatoms. The molecule has 0 aromatic heterocycles. The van der Waals surface area contributed by atoms with Gasteiger partial charge in [0.15, 0.2) is 5.78 Å². The van der Waals surface area contributed by atoms with Crippen molar-refractivity contribution in [2.24, 2.45) is 0 Å². The van der Waals surface area contributed by atoms with Crippen molar-refractivity contribution >= 4 is 27.7 Å². The molecule has 22 heavy (non-hydrogen) atoms. The van der Waals surface area contributed by atoms with Gasteiger partial charge in [-0.05, 0) is 35.9 Å². The minimum absolute atomic E-state index is 0.0116. The summed E-state index contributed by atoms with van der Waals surface area (Å²) in [5.74, 6) is -0.425. The van der Waals surface area contributed by atoms with Gasteiger partial charge < -0.3 is 9.84 Å². The van der Waals surface area contributed by atoms with Crippen LogP contribution in [0.4, 0.5) is 0 Å². The van der Waals surface area contributed by atoms with Crippen molar-refractivity contribution < 1.29 is 19.4 Å². The molecule has 0 saturated heterocycles. The number of ether oxygens (including phenoxy) is 1. The lowest BCUT2D eigenvalue weighted by Gasteiger charge is -2.11. The average molecular weight is 363 g/mol. The van der Waals surface area contributed by atoms with Gasteiger partial charge in [-0.3, -0.25) is 4.79 Å². The van der Waals surface area contributed by atoms with Crippen LogP contribution in [0.2, 0.25) is 0 Å². The van der Waals surface area contributed by atoms with Crippen molar-refractivity contribution in [1.29, 1.82) is 0 Å². The Balaban J connectivity index is 2.14. The predicted octanol–water partition coefficient (Wildman–Crippen LogP) is 4.32. The summed E-state index contributed by atoms with van der Waals surface area (Å²) in [7, 11) is 0. The fraction of sp³-hybridized carbons (Fsp3) is 0.176. The normalized spacial score (nSPS) is 10.3. The number of rotatable bonds is 6. The Hall–Kier alpha value is -2.14. The monoisotopic (exact) mass is 362 g/mol. The lowest BCUT2D eigenvalue weighted by molar-refractivity contribution is 0.0696. The average Bonchev–Trinajstić information content (AvgIpc) is 2.53. The van der Waals surface area contributed by atoms with E-state index >= 15 is 0 Å². The van der Waals surface area contributed by atoms with Crippen molar-refractivity contribution in [2.45, 2.75) is 20.0 Å².